The summed E-state index contributed by atoms with van der Waals surface area (Å²) >= 11 is 0. The van der Waals surface area contributed by atoms with Crippen LogP contribution < -0.4 is 10.1 Å². The Hall–Kier alpha value is -3.74. The summed E-state index contributed by atoms with van der Waals surface area (Å²) in [6, 6.07) is 2.81. The molecule has 13 heteroatoms. The molecule has 2 aromatic heterocycles. The van der Waals surface area contributed by atoms with E-state index >= 15 is 4.39 Å². The highest BCUT2D eigenvalue weighted by molar-refractivity contribution is 5.96. The highest BCUT2D eigenvalue weighted by atomic mass is 19.4. The van der Waals surface area contributed by atoms with E-state index in [0.717, 1.165) is 57.2 Å². The van der Waals surface area contributed by atoms with Crippen molar-refractivity contribution in [3.63, 3.8) is 0 Å². The van der Waals surface area contributed by atoms with Gasteiger partial charge in [0.05, 0.1) is 49.5 Å². The van der Waals surface area contributed by atoms with Crippen LogP contribution in [0.15, 0.2) is 36.8 Å². The molecule has 1 aromatic carbocycles. The fraction of sp³-hybridized carbons (Fsp3) is 0.462. The zero-order chi connectivity index (χ0) is 28.2. The van der Waals surface area contributed by atoms with Crippen LogP contribution in [0.5, 0.6) is 11.6 Å². The number of nitrogens with one attached hydrogen (secondary N) is 1. The molecule has 9 nitrogen and oxygen atoms in total. The molecule has 39 heavy (non-hydrogen) atoms. The number of esters is 1. The average molecular weight is 552 g/mol. The van der Waals surface area contributed by atoms with Crippen LogP contribution in [-0.4, -0.2) is 51.3 Å². The quantitative estimate of drug-likeness (QED) is 0.271. The lowest BCUT2D eigenvalue weighted by Gasteiger charge is -2.31. The number of alkyl halides is 3. The minimum Gasteiger partial charge on any atom is -0.465 e. The number of carbonyl (C=O) groups is 1. The van der Waals surface area contributed by atoms with Crippen molar-refractivity contribution in [3.8, 4) is 11.6 Å². The number of nitrogens with zero attached hydrogens (tertiary/aromatic N) is 4. The van der Waals surface area contributed by atoms with Crippen LogP contribution in [0.3, 0.4) is 0 Å². The Morgan fingerprint density at radius 3 is 2.44 bits per heavy atom. The molecular weight excluding hydrogens is 522 g/mol. The standard InChI is InChI=1S/C26H29F4N5O4/c1-15(2)38-18-6-4-17(5-7-18)34-22-12-21(27)23(11-19(22)25(36)37-3)39-24-20(26(28,29)30)10-16(13-31-24)14-35-32-8-9-33-35/h8-13,15,17-18,34H,4-7,14H2,1-3H3. The summed E-state index contributed by atoms with van der Waals surface area (Å²) in [6.45, 7) is 3.88. The Balaban J connectivity index is 1.58. The van der Waals surface area contributed by atoms with Gasteiger partial charge in [-0.1, -0.05) is 0 Å². The molecule has 4 rings (SSSR count). The Morgan fingerprint density at radius 2 is 1.82 bits per heavy atom. The van der Waals surface area contributed by atoms with Crippen LogP contribution in [0.4, 0.5) is 23.2 Å². The van der Waals surface area contributed by atoms with Crippen LogP contribution in [0.25, 0.3) is 0 Å². The lowest BCUT2D eigenvalue weighted by Crippen LogP contribution is -2.31. The van der Waals surface area contributed by atoms with Gasteiger partial charge in [-0.3, -0.25) is 0 Å². The van der Waals surface area contributed by atoms with Crippen molar-refractivity contribution in [2.24, 2.45) is 0 Å². The van der Waals surface area contributed by atoms with E-state index in [9.17, 15) is 18.0 Å². The van der Waals surface area contributed by atoms with Gasteiger partial charge in [0.2, 0.25) is 5.88 Å². The molecule has 1 aliphatic rings. The highest BCUT2D eigenvalue weighted by Gasteiger charge is 2.36. The van der Waals surface area contributed by atoms with E-state index in [1.807, 2.05) is 13.8 Å². The summed E-state index contributed by atoms with van der Waals surface area (Å²) in [5.74, 6) is -3.24. The third-order valence-corrected chi connectivity index (χ3v) is 6.19. The first-order valence-corrected chi connectivity index (χ1v) is 12.5. The number of hydrogen-bond donors (Lipinski definition) is 1. The minimum absolute atomic E-state index is 0.0538. The molecule has 0 atom stereocenters. The van der Waals surface area contributed by atoms with Crippen LogP contribution in [0, 0.1) is 5.82 Å². The van der Waals surface area contributed by atoms with Gasteiger partial charge < -0.3 is 19.5 Å². The van der Waals surface area contributed by atoms with Gasteiger partial charge in [-0.15, -0.1) is 0 Å². The van der Waals surface area contributed by atoms with E-state index in [1.165, 1.54) is 17.2 Å². The van der Waals surface area contributed by atoms with Gasteiger partial charge in [-0.2, -0.15) is 28.2 Å². The summed E-state index contributed by atoms with van der Waals surface area (Å²) in [5.41, 5.74) is -0.973. The Labute approximate surface area is 222 Å². The zero-order valence-corrected chi connectivity index (χ0v) is 21.7. The average Bonchev–Trinajstić information content (AvgIpc) is 3.39. The van der Waals surface area contributed by atoms with E-state index in [1.54, 1.807) is 0 Å². The predicted molar refractivity (Wildman–Crippen MR) is 132 cm³/mol. The Bertz CT molecular complexity index is 1280. The van der Waals surface area contributed by atoms with Crippen molar-refractivity contribution in [2.75, 3.05) is 12.4 Å². The molecule has 0 amide bonds. The van der Waals surface area contributed by atoms with Crippen molar-refractivity contribution in [1.29, 1.82) is 0 Å². The van der Waals surface area contributed by atoms with Crippen molar-refractivity contribution >= 4 is 11.7 Å². The first-order chi connectivity index (χ1) is 18.5. The predicted octanol–water partition coefficient (Wildman–Crippen LogP) is 5.61. The lowest BCUT2D eigenvalue weighted by molar-refractivity contribution is -0.139. The van der Waals surface area contributed by atoms with Crippen LogP contribution in [-0.2, 0) is 22.2 Å². The van der Waals surface area contributed by atoms with Gasteiger partial charge >= 0.3 is 12.1 Å². The fourth-order valence-electron chi connectivity index (χ4n) is 4.44. The summed E-state index contributed by atoms with van der Waals surface area (Å²) in [6.07, 6.45) is 2.39. The number of halogens is 4. The number of rotatable bonds is 9. The second-order valence-corrected chi connectivity index (χ2v) is 9.48. The number of benzene rings is 1. The molecule has 0 unspecified atom stereocenters. The molecule has 1 aliphatic carbocycles. The smallest absolute Gasteiger partial charge is 0.421 e. The highest BCUT2D eigenvalue weighted by Crippen LogP contribution is 2.39. The third-order valence-electron chi connectivity index (χ3n) is 6.19. The maximum absolute atomic E-state index is 15.1. The van der Waals surface area contributed by atoms with E-state index in [4.69, 9.17) is 14.2 Å². The Morgan fingerprint density at radius 1 is 1.13 bits per heavy atom. The first kappa shape index (κ1) is 28.3. The van der Waals surface area contributed by atoms with Gasteiger partial charge in [0.25, 0.3) is 0 Å². The number of aromatic nitrogens is 4. The van der Waals surface area contributed by atoms with Crippen molar-refractivity contribution in [3.05, 3.63) is 59.3 Å². The normalized spacial score (nSPS) is 17.7. The van der Waals surface area contributed by atoms with Crippen LogP contribution in [0.2, 0.25) is 0 Å². The zero-order valence-electron chi connectivity index (χ0n) is 21.7. The number of pyridine rings is 1. The topological polar surface area (TPSA) is 100 Å². The maximum Gasteiger partial charge on any atom is 0.421 e. The molecule has 1 N–H and O–H groups in total. The summed E-state index contributed by atoms with van der Waals surface area (Å²) in [5, 5.41) is 10.9. The minimum atomic E-state index is -4.85. The van der Waals surface area contributed by atoms with Crippen LogP contribution >= 0.6 is 0 Å². The van der Waals surface area contributed by atoms with Crippen molar-refractivity contribution in [2.45, 2.75) is 70.5 Å². The second kappa shape index (κ2) is 12.0. The van der Waals surface area contributed by atoms with E-state index < -0.39 is 35.2 Å². The molecule has 210 valence electrons. The number of hydrogen-bond acceptors (Lipinski definition) is 8. The lowest BCUT2D eigenvalue weighted by atomic mass is 9.92. The molecule has 0 bridgehead atoms. The molecule has 0 saturated heterocycles. The van der Waals surface area contributed by atoms with E-state index in [-0.39, 0.29) is 41.6 Å². The number of anilines is 1. The first-order valence-electron chi connectivity index (χ1n) is 12.5. The molecule has 3 aromatic rings. The molecule has 1 fully saturated rings. The van der Waals surface area contributed by atoms with Gasteiger partial charge in [-0.25, -0.2) is 14.2 Å². The van der Waals surface area contributed by atoms with E-state index in [0.29, 0.717) is 0 Å². The molecule has 0 spiro atoms. The summed E-state index contributed by atoms with van der Waals surface area (Å²) in [4.78, 5) is 17.5. The van der Waals surface area contributed by atoms with Crippen molar-refractivity contribution in [1.82, 2.24) is 20.0 Å². The van der Waals surface area contributed by atoms with Gasteiger partial charge in [-0.05, 0) is 51.2 Å². The van der Waals surface area contributed by atoms with Crippen LogP contribution in [0.1, 0.15) is 61.0 Å². The van der Waals surface area contributed by atoms with Gasteiger partial charge in [0.15, 0.2) is 11.6 Å². The molecule has 0 radical (unpaired) electrons. The number of methoxy groups -OCH3 is 1. The molecule has 2 heterocycles. The SMILES string of the molecule is COC(=O)c1cc(Oc2ncc(Cn3nccn3)cc2C(F)(F)F)c(F)cc1NC1CCC(OC(C)C)CC1. The second-order valence-electron chi connectivity index (χ2n) is 9.48. The third kappa shape index (κ3) is 7.22. The van der Waals surface area contributed by atoms with E-state index in [2.05, 4.69) is 20.5 Å². The monoisotopic (exact) mass is 551 g/mol. The summed E-state index contributed by atoms with van der Waals surface area (Å²) < 4.78 is 72.7. The van der Waals surface area contributed by atoms with Crippen molar-refractivity contribution < 1.29 is 36.6 Å². The largest absolute Gasteiger partial charge is 0.465 e. The molecular formula is C26H29F4N5O4. The summed E-state index contributed by atoms with van der Waals surface area (Å²) in [7, 11) is 1.15. The molecule has 0 aliphatic heterocycles. The number of carbonyl (C=O) groups excluding carboxylic acids is 1. The Kier molecular flexibility index (Phi) is 8.68. The maximum atomic E-state index is 15.1. The fourth-order valence-corrected chi connectivity index (χ4v) is 4.44. The molecule has 1 saturated carbocycles. The van der Waals surface area contributed by atoms with Gasteiger partial charge in [0, 0.05) is 24.4 Å². The van der Waals surface area contributed by atoms with Gasteiger partial charge in [0.1, 0.15) is 5.56 Å². The number of ether oxygens (including phenoxy) is 3.